The Morgan fingerprint density at radius 3 is 2.38 bits per heavy atom. The number of carbonyl (C=O) groups is 2. The monoisotopic (exact) mass is 287 g/mol. The van der Waals surface area contributed by atoms with Crippen LogP contribution in [0.2, 0.25) is 0 Å². The van der Waals surface area contributed by atoms with Gasteiger partial charge in [0, 0.05) is 24.2 Å². The molecule has 3 rings (SSSR count). The van der Waals surface area contributed by atoms with Crippen LogP contribution in [0.4, 0.5) is 0 Å². The molecule has 1 saturated carbocycles. The summed E-state index contributed by atoms with van der Waals surface area (Å²) >= 11 is 0. The van der Waals surface area contributed by atoms with Crippen LogP contribution in [0.15, 0.2) is 30.3 Å². The van der Waals surface area contributed by atoms with Crippen LogP contribution in [0.3, 0.4) is 0 Å². The molecule has 1 fully saturated rings. The quantitative estimate of drug-likeness (QED) is 0.640. The molecule has 110 valence electrons. The number of hydrogen-bond acceptors (Lipinski definition) is 4. The van der Waals surface area contributed by atoms with Gasteiger partial charge in [0.1, 0.15) is 0 Å². The van der Waals surface area contributed by atoms with Gasteiger partial charge in [-0.1, -0.05) is 18.2 Å². The third-order valence-electron chi connectivity index (χ3n) is 4.41. The molecule has 5 nitrogen and oxygen atoms in total. The Hall–Kier alpha value is -2.30. The van der Waals surface area contributed by atoms with Crippen molar-refractivity contribution in [1.29, 1.82) is 0 Å². The second-order valence-electron chi connectivity index (χ2n) is 5.40. The Morgan fingerprint density at radius 2 is 1.81 bits per heavy atom. The topological polar surface area (TPSA) is 57.5 Å². The first kappa shape index (κ1) is 13.7. The zero-order valence-corrected chi connectivity index (χ0v) is 12.3. The molecule has 0 radical (unpaired) electrons. The Labute approximate surface area is 122 Å². The summed E-state index contributed by atoms with van der Waals surface area (Å²) in [7, 11) is 4.53. The number of hydrogen-bond donors (Lipinski definition) is 0. The second kappa shape index (κ2) is 4.62. The van der Waals surface area contributed by atoms with Crippen LogP contribution in [0.1, 0.15) is 18.0 Å². The second-order valence-corrected chi connectivity index (χ2v) is 5.40. The first-order valence-corrected chi connectivity index (χ1v) is 6.77. The maximum atomic E-state index is 12.1. The lowest BCUT2D eigenvalue weighted by Gasteiger charge is -2.13. The van der Waals surface area contributed by atoms with Gasteiger partial charge in [0.05, 0.1) is 14.2 Å². The molecule has 0 saturated heterocycles. The predicted molar refractivity (Wildman–Crippen MR) is 76.7 cm³/mol. The Morgan fingerprint density at radius 1 is 1.19 bits per heavy atom. The van der Waals surface area contributed by atoms with Crippen LogP contribution in [0, 0.1) is 5.41 Å². The maximum absolute atomic E-state index is 12.1. The fraction of sp³-hybridized carbons (Fsp3) is 0.375. The van der Waals surface area contributed by atoms with Crippen LogP contribution in [0.5, 0.6) is 0 Å². The van der Waals surface area contributed by atoms with Crippen LogP contribution in [-0.2, 0) is 26.1 Å². The fourth-order valence-corrected chi connectivity index (χ4v) is 3.16. The zero-order chi connectivity index (χ0) is 15.2. The van der Waals surface area contributed by atoms with E-state index < -0.39 is 17.4 Å². The third kappa shape index (κ3) is 1.77. The van der Waals surface area contributed by atoms with Gasteiger partial charge in [-0.15, -0.1) is 0 Å². The van der Waals surface area contributed by atoms with Crippen molar-refractivity contribution in [2.24, 2.45) is 12.5 Å². The molecule has 1 aromatic carbocycles. The molecular weight excluding hydrogens is 270 g/mol. The molecule has 0 N–H and O–H groups in total. The van der Waals surface area contributed by atoms with Gasteiger partial charge in [0.15, 0.2) is 5.41 Å². The molecule has 1 aliphatic carbocycles. The molecule has 5 heteroatoms. The van der Waals surface area contributed by atoms with Crippen molar-refractivity contribution in [2.45, 2.75) is 12.3 Å². The Bertz CT molecular complexity index is 715. The van der Waals surface area contributed by atoms with Crippen molar-refractivity contribution in [3.05, 3.63) is 36.0 Å². The lowest BCUT2D eigenvalue weighted by Crippen LogP contribution is -2.30. The molecule has 0 amide bonds. The number of para-hydroxylation sites is 1. The SMILES string of the molecule is COC(=O)C1(C(=O)OC)CC1c1cc2ccccc2n1C. The average Bonchev–Trinajstić information content (AvgIpc) is 3.19. The molecule has 1 atom stereocenters. The number of methoxy groups -OCH3 is 2. The number of ether oxygens (including phenoxy) is 2. The Balaban J connectivity index is 2.06. The van der Waals surface area contributed by atoms with Gasteiger partial charge in [-0.25, -0.2) is 0 Å². The van der Waals surface area contributed by atoms with E-state index >= 15 is 0 Å². The van der Waals surface area contributed by atoms with Gasteiger partial charge in [-0.3, -0.25) is 9.59 Å². The summed E-state index contributed by atoms with van der Waals surface area (Å²) in [5, 5.41) is 1.09. The minimum absolute atomic E-state index is 0.199. The normalized spacial score (nSPS) is 19.3. The van der Waals surface area contributed by atoms with E-state index in [1.54, 1.807) is 0 Å². The van der Waals surface area contributed by atoms with Gasteiger partial charge < -0.3 is 14.0 Å². The molecule has 0 spiro atoms. The van der Waals surface area contributed by atoms with Crippen LogP contribution in [-0.4, -0.2) is 30.7 Å². The number of esters is 2. The lowest BCUT2D eigenvalue weighted by molar-refractivity contribution is -0.161. The molecule has 1 unspecified atom stereocenters. The summed E-state index contributed by atoms with van der Waals surface area (Å²) in [6.45, 7) is 0. The Kier molecular flexibility index (Phi) is 3.01. The van der Waals surface area contributed by atoms with Gasteiger partial charge >= 0.3 is 11.9 Å². The van der Waals surface area contributed by atoms with Crippen LogP contribution >= 0.6 is 0 Å². The minimum atomic E-state index is -1.19. The molecule has 0 aliphatic heterocycles. The number of benzene rings is 1. The molecule has 2 aromatic rings. The molecule has 1 aromatic heterocycles. The number of carbonyl (C=O) groups excluding carboxylic acids is 2. The minimum Gasteiger partial charge on any atom is -0.468 e. The third-order valence-corrected chi connectivity index (χ3v) is 4.41. The van der Waals surface area contributed by atoms with Crippen LogP contribution < -0.4 is 0 Å². The highest BCUT2D eigenvalue weighted by molar-refractivity contribution is 6.05. The van der Waals surface area contributed by atoms with Crippen molar-refractivity contribution < 1.29 is 19.1 Å². The summed E-state index contributed by atoms with van der Waals surface area (Å²) in [6.07, 6.45) is 0.427. The summed E-state index contributed by atoms with van der Waals surface area (Å²) in [6, 6.07) is 9.98. The van der Waals surface area contributed by atoms with E-state index in [-0.39, 0.29) is 5.92 Å². The lowest BCUT2D eigenvalue weighted by atomic mass is 10.0. The molecule has 0 bridgehead atoms. The largest absolute Gasteiger partial charge is 0.468 e. The van der Waals surface area contributed by atoms with E-state index in [0.717, 1.165) is 16.6 Å². The molecule has 1 aliphatic rings. The summed E-state index contributed by atoms with van der Waals surface area (Å²) in [4.78, 5) is 24.1. The van der Waals surface area contributed by atoms with E-state index in [4.69, 9.17) is 9.47 Å². The molecular formula is C16H17NO4. The first-order chi connectivity index (χ1) is 10.1. The summed E-state index contributed by atoms with van der Waals surface area (Å²) in [5.74, 6) is -1.25. The number of fused-ring (bicyclic) bond motifs is 1. The zero-order valence-electron chi connectivity index (χ0n) is 12.3. The van der Waals surface area contributed by atoms with Crippen molar-refractivity contribution in [3.8, 4) is 0 Å². The van der Waals surface area contributed by atoms with Gasteiger partial charge in [-0.05, 0) is 23.9 Å². The summed E-state index contributed by atoms with van der Waals surface area (Å²) in [5.41, 5.74) is 0.834. The van der Waals surface area contributed by atoms with Crippen molar-refractivity contribution in [3.63, 3.8) is 0 Å². The number of aromatic nitrogens is 1. The van der Waals surface area contributed by atoms with Crippen molar-refractivity contribution in [2.75, 3.05) is 14.2 Å². The van der Waals surface area contributed by atoms with E-state index in [2.05, 4.69) is 0 Å². The smallest absolute Gasteiger partial charge is 0.323 e. The van der Waals surface area contributed by atoms with E-state index in [9.17, 15) is 9.59 Å². The van der Waals surface area contributed by atoms with E-state index in [1.165, 1.54) is 14.2 Å². The first-order valence-electron chi connectivity index (χ1n) is 6.77. The highest BCUT2D eigenvalue weighted by atomic mass is 16.5. The van der Waals surface area contributed by atoms with Gasteiger partial charge in [-0.2, -0.15) is 0 Å². The standard InChI is InChI=1S/C16H17NO4/c1-17-12-7-5-4-6-10(12)8-13(17)11-9-16(11,14(18)20-2)15(19)21-3/h4-8,11H,9H2,1-3H3. The average molecular weight is 287 g/mol. The highest BCUT2D eigenvalue weighted by Gasteiger charge is 2.69. The number of nitrogens with zero attached hydrogens (tertiary/aromatic N) is 1. The van der Waals surface area contributed by atoms with Gasteiger partial charge in [0.2, 0.25) is 0 Å². The molecule has 1 heterocycles. The van der Waals surface area contributed by atoms with Crippen molar-refractivity contribution >= 4 is 22.8 Å². The van der Waals surface area contributed by atoms with Crippen LogP contribution in [0.25, 0.3) is 10.9 Å². The van der Waals surface area contributed by atoms with Crippen molar-refractivity contribution in [1.82, 2.24) is 4.57 Å². The summed E-state index contributed by atoms with van der Waals surface area (Å²) < 4.78 is 11.7. The van der Waals surface area contributed by atoms with E-state index in [1.807, 2.05) is 41.9 Å². The molecule has 21 heavy (non-hydrogen) atoms. The number of aryl methyl sites for hydroxylation is 1. The fourth-order valence-electron chi connectivity index (χ4n) is 3.16. The van der Waals surface area contributed by atoms with Gasteiger partial charge in [0.25, 0.3) is 0 Å². The predicted octanol–water partition coefficient (Wildman–Crippen LogP) is 2.00. The maximum Gasteiger partial charge on any atom is 0.323 e. The van der Waals surface area contributed by atoms with E-state index in [0.29, 0.717) is 6.42 Å². The number of rotatable bonds is 3. The highest BCUT2D eigenvalue weighted by Crippen LogP contribution is 2.61.